The van der Waals surface area contributed by atoms with Crippen LogP contribution in [0.1, 0.15) is 39.1 Å². The molecule has 37 heavy (non-hydrogen) atoms. The van der Waals surface area contributed by atoms with Gasteiger partial charge in [0, 0.05) is 62.8 Å². The Labute approximate surface area is 214 Å². The highest BCUT2D eigenvalue weighted by atomic mass is 16.6. The first-order valence-corrected chi connectivity index (χ1v) is 12.1. The van der Waals surface area contributed by atoms with Crippen LogP contribution in [-0.2, 0) is 14.3 Å². The molecule has 2 aliphatic rings. The number of ether oxygens (including phenoxy) is 2. The van der Waals surface area contributed by atoms with Crippen LogP contribution in [0.2, 0.25) is 0 Å². The van der Waals surface area contributed by atoms with Gasteiger partial charge in [0.05, 0.1) is 18.1 Å². The van der Waals surface area contributed by atoms with E-state index in [1.165, 1.54) is 30.2 Å². The number of non-ortho nitro benzene ring substituents is 1. The predicted octanol–water partition coefficient (Wildman–Crippen LogP) is 2.14. The first-order chi connectivity index (χ1) is 17.8. The van der Waals surface area contributed by atoms with Crippen LogP contribution in [0, 0.1) is 17.0 Å². The zero-order valence-electron chi connectivity index (χ0n) is 20.8. The van der Waals surface area contributed by atoms with E-state index in [0.29, 0.717) is 31.6 Å². The molecule has 4 rings (SSSR count). The lowest BCUT2D eigenvalue weighted by Gasteiger charge is -2.44. The zero-order valence-corrected chi connectivity index (χ0v) is 20.8. The summed E-state index contributed by atoms with van der Waals surface area (Å²) in [5.41, 5.74) is 0.465. The van der Waals surface area contributed by atoms with Crippen molar-refractivity contribution in [3.8, 4) is 0 Å². The normalized spacial score (nSPS) is 18.6. The summed E-state index contributed by atoms with van der Waals surface area (Å²) in [6.07, 6.45) is 0.597. The molecular weight excluding hydrogens is 480 g/mol. The van der Waals surface area contributed by atoms with Gasteiger partial charge in [-0.1, -0.05) is 23.8 Å². The molecule has 0 saturated carbocycles. The first-order valence-electron chi connectivity index (χ1n) is 12.1. The maximum absolute atomic E-state index is 13.7. The van der Waals surface area contributed by atoms with E-state index in [4.69, 9.17) is 9.47 Å². The van der Waals surface area contributed by atoms with Gasteiger partial charge >= 0.3 is 0 Å². The molecule has 2 aromatic carbocycles. The predicted molar refractivity (Wildman–Crippen MR) is 133 cm³/mol. The van der Waals surface area contributed by atoms with Crippen molar-refractivity contribution in [3.63, 3.8) is 0 Å². The molecule has 2 saturated heterocycles. The minimum atomic E-state index is -1.05. The van der Waals surface area contributed by atoms with Gasteiger partial charge in [0.2, 0.25) is 5.91 Å². The molecule has 0 aliphatic carbocycles. The summed E-state index contributed by atoms with van der Waals surface area (Å²) in [5, 5.41) is 13.9. The number of carbonyl (C=O) groups is 3. The average Bonchev–Trinajstić information content (AvgIpc) is 3.27. The molecule has 3 amide bonds. The molecule has 11 nitrogen and oxygen atoms in total. The number of nitrogens with one attached hydrogen (secondary N) is 1. The topological polar surface area (TPSA) is 131 Å². The van der Waals surface area contributed by atoms with Gasteiger partial charge in [0.15, 0.2) is 0 Å². The lowest BCUT2D eigenvalue weighted by molar-refractivity contribution is -0.384. The number of nitrogens with zero attached hydrogens (tertiary/aromatic N) is 3. The molecule has 0 aromatic heterocycles. The maximum atomic E-state index is 13.7. The number of nitro benzene ring substituents is 1. The van der Waals surface area contributed by atoms with Gasteiger partial charge < -0.3 is 19.7 Å². The van der Waals surface area contributed by atoms with Crippen LogP contribution < -0.4 is 5.32 Å². The van der Waals surface area contributed by atoms with E-state index >= 15 is 0 Å². The molecule has 0 bridgehead atoms. The molecule has 1 spiro atoms. The van der Waals surface area contributed by atoms with Gasteiger partial charge in [-0.05, 0) is 25.1 Å². The van der Waals surface area contributed by atoms with Crippen molar-refractivity contribution >= 4 is 23.4 Å². The van der Waals surface area contributed by atoms with Crippen LogP contribution >= 0.6 is 0 Å². The minimum absolute atomic E-state index is 0.0369. The Balaban J connectivity index is 1.55. The minimum Gasteiger partial charge on any atom is -0.383 e. The number of nitro groups is 1. The van der Waals surface area contributed by atoms with Gasteiger partial charge in [-0.15, -0.1) is 0 Å². The molecule has 2 fully saturated rings. The Morgan fingerprint density at radius 1 is 1.11 bits per heavy atom. The smallest absolute Gasteiger partial charge is 0.270 e. The van der Waals surface area contributed by atoms with Crippen LogP contribution in [-0.4, -0.2) is 84.2 Å². The second-order valence-electron chi connectivity index (χ2n) is 9.20. The molecule has 196 valence electrons. The van der Waals surface area contributed by atoms with Gasteiger partial charge in [-0.25, -0.2) is 0 Å². The van der Waals surface area contributed by atoms with E-state index in [9.17, 15) is 24.5 Å². The third kappa shape index (κ3) is 5.47. The van der Waals surface area contributed by atoms with Gasteiger partial charge in [0.1, 0.15) is 11.8 Å². The number of rotatable bonds is 7. The highest BCUT2D eigenvalue weighted by Gasteiger charge is 2.54. The van der Waals surface area contributed by atoms with Gasteiger partial charge in [0.25, 0.3) is 17.5 Å². The Morgan fingerprint density at radius 3 is 2.46 bits per heavy atom. The number of piperidine rings is 1. The van der Waals surface area contributed by atoms with E-state index in [0.717, 1.165) is 5.56 Å². The number of benzene rings is 2. The Morgan fingerprint density at radius 2 is 1.81 bits per heavy atom. The molecule has 2 aromatic rings. The fourth-order valence-corrected chi connectivity index (χ4v) is 4.79. The van der Waals surface area contributed by atoms with E-state index in [-0.39, 0.29) is 48.7 Å². The summed E-state index contributed by atoms with van der Waals surface area (Å²) < 4.78 is 11.2. The van der Waals surface area contributed by atoms with Crippen LogP contribution in [0.25, 0.3) is 0 Å². The van der Waals surface area contributed by atoms with Crippen molar-refractivity contribution in [1.82, 2.24) is 15.1 Å². The monoisotopic (exact) mass is 510 g/mol. The average molecular weight is 511 g/mol. The summed E-state index contributed by atoms with van der Waals surface area (Å²) in [7, 11) is 1.54. The second-order valence-corrected chi connectivity index (χ2v) is 9.20. The Kier molecular flexibility index (Phi) is 7.84. The first kappa shape index (κ1) is 26.2. The molecule has 1 unspecified atom stereocenters. The van der Waals surface area contributed by atoms with Crippen LogP contribution in [0.5, 0.6) is 0 Å². The Hall–Kier alpha value is -3.83. The van der Waals surface area contributed by atoms with E-state index < -0.39 is 16.7 Å². The number of amides is 3. The largest absolute Gasteiger partial charge is 0.383 e. The van der Waals surface area contributed by atoms with Crippen molar-refractivity contribution in [2.45, 2.75) is 31.5 Å². The summed E-state index contributed by atoms with van der Waals surface area (Å²) in [6.45, 7) is 3.13. The highest BCUT2D eigenvalue weighted by Crippen LogP contribution is 2.39. The summed E-state index contributed by atoms with van der Waals surface area (Å²) >= 11 is 0. The lowest BCUT2D eigenvalue weighted by Crippen LogP contribution is -2.60. The second kappa shape index (κ2) is 11.1. The van der Waals surface area contributed by atoms with E-state index in [2.05, 4.69) is 5.32 Å². The van der Waals surface area contributed by atoms with Gasteiger partial charge in [-0.2, -0.15) is 0 Å². The summed E-state index contributed by atoms with van der Waals surface area (Å²) in [6, 6.07) is 11.9. The highest BCUT2D eigenvalue weighted by molar-refractivity contribution is 5.98. The quantitative estimate of drug-likeness (QED) is 0.343. The third-order valence-electron chi connectivity index (χ3n) is 6.82. The molecule has 11 heteroatoms. The van der Waals surface area contributed by atoms with Crippen molar-refractivity contribution in [1.29, 1.82) is 0 Å². The number of carbonyl (C=O) groups excluding carboxylic acids is 3. The van der Waals surface area contributed by atoms with Crippen molar-refractivity contribution < 1.29 is 28.8 Å². The fourth-order valence-electron chi connectivity index (χ4n) is 4.79. The van der Waals surface area contributed by atoms with Gasteiger partial charge in [-0.3, -0.25) is 29.4 Å². The number of hydrogen-bond donors (Lipinski definition) is 1. The molecule has 1 N–H and O–H groups in total. The van der Waals surface area contributed by atoms with E-state index in [1.54, 1.807) is 23.1 Å². The van der Waals surface area contributed by atoms with Crippen LogP contribution in [0.15, 0.2) is 48.5 Å². The molecule has 0 radical (unpaired) electrons. The third-order valence-corrected chi connectivity index (χ3v) is 6.82. The van der Waals surface area contributed by atoms with Crippen molar-refractivity contribution in [2.24, 2.45) is 0 Å². The SMILES string of the molecule is COCCNC(=O)C1COC2(CCN(C(=O)c3cccc([N+](=O)[O-])c3)CC2)N1C(=O)c1ccc(C)cc1. The van der Waals surface area contributed by atoms with Crippen LogP contribution in [0.4, 0.5) is 5.69 Å². The summed E-state index contributed by atoms with van der Waals surface area (Å²) in [5.74, 6) is -0.978. The lowest BCUT2D eigenvalue weighted by atomic mass is 9.96. The maximum Gasteiger partial charge on any atom is 0.270 e. The number of aryl methyl sites for hydroxylation is 1. The molecule has 1 atom stereocenters. The number of likely N-dealkylation sites (tertiary alicyclic amines) is 1. The standard InChI is InChI=1S/C26H30N4O7/c1-18-6-8-19(9-7-18)25(33)29-22(23(31)27-12-15-36-2)17-37-26(29)10-13-28(14-11-26)24(32)20-4-3-5-21(16-20)30(34)35/h3-9,16,22H,10-15,17H2,1-2H3,(H,27,31). The fraction of sp³-hybridized carbons (Fsp3) is 0.423. The molecule has 2 aliphatic heterocycles. The van der Waals surface area contributed by atoms with Crippen molar-refractivity contribution in [2.75, 3.05) is 40.0 Å². The van der Waals surface area contributed by atoms with Crippen LogP contribution in [0.3, 0.4) is 0 Å². The zero-order chi connectivity index (χ0) is 26.6. The molecule has 2 heterocycles. The number of methoxy groups -OCH3 is 1. The summed E-state index contributed by atoms with van der Waals surface area (Å²) in [4.78, 5) is 53.5. The molecular formula is C26H30N4O7. The number of hydrogen-bond acceptors (Lipinski definition) is 7. The van der Waals surface area contributed by atoms with Crippen molar-refractivity contribution in [3.05, 3.63) is 75.3 Å². The Bertz CT molecular complexity index is 1180. The van der Waals surface area contributed by atoms with E-state index in [1.807, 2.05) is 19.1 Å².